The van der Waals surface area contributed by atoms with Gasteiger partial charge < -0.3 is 10.5 Å². The van der Waals surface area contributed by atoms with Gasteiger partial charge in [-0.05, 0) is 47.9 Å². The molecule has 0 saturated carbocycles. The van der Waals surface area contributed by atoms with Crippen molar-refractivity contribution < 1.29 is 9.53 Å². The van der Waals surface area contributed by atoms with E-state index in [0.717, 1.165) is 15.8 Å². The highest BCUT2D eigenvalue weighted by Gasteiger charge is 2.12. The van der Waals surface area contributed by atoms with Crippen LogP contribution in [0.15, 0.2) is 40.9 Å². The summed E-state index contributed by atoms with van der Waals surface area (Å²) in [7, 11) is 0. The first-order valence-corrected chi connectivity index (χ1v) is 7.62. The summed E-state index contributed by atoms with van der Waals surface area (Å²) in [4.78, 5) is 11.1. The largest absolute Gasteiger partial charge is 0.456 e. The molecule has 3 nitrogen and oxygen atoms in total. The van der Waals surface area contributed by atoms with Crippen LogP contribution in [-0.2, 0) is 0 Å². The Kier molecular flexibility index (Phi) is 4.91. The van der Waals surface area contributed by atoms with Crippen molar-refractivity contribution in [3.05, 3.63) is 57.0 Å². The Hall–Kier alpha value is -1.52. The van der Waals surface area contributed by atoms with Crippen molar-refractivity contribution in [2.45, 2.75) is 19.8 Å². The summed E-state index contributed by atoms with van der Waals surface area (Å²) >= 11 is 9.60. The van der Waals surface area contributed by atoms with Crippen LogP contribution in [0, 0.1) is 0 Å². The zero-order valence-corrected chi connectivity index (χ0v) is 14.0. The molecule has 0 bridgehead atoms. The van der Waals surface area contributed by atoms with Crippen LogP contribution in [0.4, 0.5) is 0 Å². The van der Waals surface area contributed by atoms with E-state index in [1.54, 1.807) is 12.1 Å². The third-order valence-corrected chi connectivity index (χ3v) is 3.82. The van der Waals surface area contributed by atoms with Gasteiger partial charge in [0.2, 0.25) is 5.91 Å². The number of halogens is 2. The third kappa shape index (κ3) is 3.77. The summed E-state index contributed by atoms with van der Waals surface area (Å²) in [6.07, 6.45) is 0. The molecule has 2 aromatic rings. The molecule has 0 aromatic heterocycles. The molecule has 110 valence electrons. The second-order valence-corrected chi connectivity index (χ2v) is 6.27. The molecular formula is C16H15BrClNO2. The first kappa shape index (κ1) is 15.9. The van der Waals surface area contributed by atoms with Gasteiger partial charge in [-0.3, -0.25) is 4.79 Å². The van der Waals surface area contributed by atoms with E-state index in [9.17, 15) is 4.79 Å². The van der Waals surface area contributed by atoms with Gasteiger partial charge in [0, 0.05) is 10.0 Å². The number of primary amides is 1. The van der Waals surface area contributed by atoms with Crippen LogP contribution < -0.4 is 10.5 Å². The summed E-state index contributed by atoms with van der Waals surface area (Å²) in [6.45, 7) is 4.18. The Bertz CT molecular complexity index is 686. The van der Waals surface area contributed by atoms with E-state index in [1.165, 1.54) is 6.07 Å². The lowest BCUT2D eigenvalue weighted by Gasteiger charge is -2.15. The molecule has 0 radical (unpaired) electrons. The Morgan fingerprint density at radius 2 is 1.86 bits per heavy atom. The van der Waals surface area contributed by atoms with Crippen molar-refractivity contribution in [3.8, 4) is 11.5 Å². The van der Waals surface area contributed by atoms with E-state index in [1.807, 2.05) is 18.2 Å². The van der Waals surface area contributed by atoms with Gasteiger partial charge in [0.1, 0.15) is 11.5 Å². The molecule has 0 aliphatic rings. The quantitative estimate of drug-likeness (QED) is 0.814. The van der Waals surface area contributed by atoms with Crippen molar-refractivity contribution in [1.82, 2.24) is 0 Å². The fourth-order valence-electron chi connectivity index (χ4n) is 1.92. The normalized spacial score (nSPS) is 10.7. The van der Waals surface area contributed by atoms with Crippen molar-refractivity contribution in [1.29, 1.82) is 0 Å². The second kappa shape index (κ2) is 6.50. The molecule has 0 saturated heterocycles. The number of hydrogen-bond acceptors (Lipinski definition) is 2. The van der Waals surface area contributed by atoms with E-state index in [0.29, 0.717) is 22.3 Å². The van der Waals surface area contributed by atoms with Crippen molar-refractivity contribution in [2.24, 2.45) is 5.73 Å². The lowest BCUT2D eigenvalue weighted by molar-refractivity contribution is 0.100. The predicted molar refractivity (Wildman–Crippen MR) is 88.3 cm³/mol. The van der Waals surface area contributed by atoms with Crippen molar-refractivity contribution in [3.63, 3.8) is 0 Å². The maximum Gasteiger partial charge on any atom is 0.248 e. The third-order valence-electron chi connectivity index (χ3n) is 3.03. The molecule has 0 unspecified atom stereocenters. The van der Waals surface area contributed by atoms with Gasteiger partial charge in [-0.2, -0.15) is 0 Å². The highest BCUT2D eigenvalue weighted by molar-refractivity contribution is 9.10. The Morgan fingerprint density at radius 1 is 1.19 bits per heavy atom. The van der Waals surface area contributed by atoms with Gasteiger partial charge in [0.25, 0.3) is 0 Å². The van der Waals surface area contributed by atoms with Crippen molar-refractivity contribution in [2.75, 3.05) is 0 Å². The number of carbonyl (C=O) groups is 1. The van der Waals surface area contributed by atoms with Crippen LogP contribution in [0.3, 0.4) is 0 Å². The van der Waals surface area contributed by atoms with E-state index < -0.39 is 5.91 Å². The number of rotatable bonds is 4. The average Bonchev–Trinajstić information content (AvgIpc) is 2.42. The average molecular weight is 369 g/mol. The van der Waals surface area contributed by atoms with Crippen LogP contribution in [0.1, 0.15) is 35.7 Å². The second-order valence-electron chi connectivity index (χ2n) is 4.95. The first-order chi connectivity index (χ1) is 9.88. The molecule has 0 spiro atoms. The van der Waals surface area contributed by atoms with Crippen molar-refractivity contribution >= 4 is 33.4 Å². The molecule has 0 aliphatic carbocycles. The molecule has 2 rings (SSSR count). The molecule has 21 heavy (non-hydrogen) atoms. The van der Waals surface area contributed by atoms with E-state index >= 15 is 0 Å². The van der Waals surface area contributed by atoms with Gasteiger partial charge in [0.05, 0.1) is 5.02 Å². The zero-order valence-electron chi connectivity index (χ0n) is 11.7. The van der Waals surface area contributed by atoms with Gasteiger partial charge in [-0.25, -0.2) is 0 Å². The zero-order chi connectivity index (χ0) is 15.6. The van der Waals surface area contributed by atoms with E-state index in [4.69, 9.17) is 22.1 Å². The first-order valence-electron chi connectivity index (χ1n) is 6.45. The lowest BCUT2D eigenvalue weighted by atomic mass is 10.0. The van der Waals surface area contributed by atoms with Crippen LogP contribution in [0.5, 0.6) is 11.5 Å². The van der Waals surface area contributed by atoms with Crippen LogP contribution in [-0.4, -0.2) is 5.91 Å². The van der Waals surface area contributed by atoms with E-state index in [-0.39, 0.29) is 0 Å². The number of carbonyl (C=O) groups excluding carboxylic acids is 1. The van der Waals surface area contributed by atoms with Gasteiger partial charge in [-0.1, -0.05) is 41.4 Å². The minimum atomic E-state index is -0.519. The molecule has 5 heteroatoms. The topological polar surface area (TPSA) is 52.3 Å². The molecule has 2 aromatic carbocycles. The lowest BCUT2D eigenvalue weighted by Crippen LogP contribution is -2.10. The highest BCUT2D eigenvalue weighted by atomic mass is 79.9. The molecule has 1 amide bonds. The summed E-state index contributed by atoms with van der Waals surface area (Å²) in [6, 6.07) is 10.6. The van der Waals surface area contributed by atoms with E-state index in [2.05, 4.69) is 29.8 Å². The SMILES string of the molecule is CC(C)c1cc(Br)ccc1Oc1ccc(C(N)=O)cc1Cl. The van der Waals surface area contributed by atoms with Crippen LogP contribution in [0.2, 0.25) is 5.02 Å². The van der Waals surface area contributed by atoms with Gasteiger partial charge >= 0.3 is 0 Å². The summed E-state index contributed by atoms with van der Waals surface area (Å²) in [5.41, 5.74) is 6.65. The minimum Gasteiger partial charge on any atom is -0.456 e. The number of hydrogen-bond donors (Lipinski definition) is 1. The van der Waals surface area contributed by atoms with Crippen LogP contribution in [0.25, 0.3) is 0 Å². The number of nitrogens with two attached hydrogens (primary N) is 1. The number of ether oxygens (including phenoxy) is 1. The number of amides is 1. The molecule has 0 aliphatic heterocycles. The predicted octanol–water partition coefficient (Wildman–Crippen LogP) is 5.12. The molecule has 0 heterocycles. The molecule has 0 atom stereocenters. The highest BCUT2D eigenvalue weighted by Crippen LogP contribution is 2.35. The van der Waals surface area contributed by atoms with Crippen LogP contribution >= 0.6 is 27.5 Å². The summed E-state index contributed by atoms with van der Waals surface area (Å²) in [5, 5.41) is 0.351. The molecule has 0 fully saturated rings. The van der Waals surface area contributed by atoms with Gasteiger partial charge in [-0.15, -0.1) is 0 Å². The molecule has 2 N–H and O–H groups in total. The summed E-state index contributed by atoms with van der Waals surface area (Å²) < 4.78 is 6.88. The fourth-order valence-corrected chi connectivity index (χ4v) is 2.52. The fraction of sp³-hybridized carbons (Fsp3) is 0.188. The Labute approximate surface area is 137 Å². The standard InChI is InChI=1S/C16H15BrClNO2/c1-9(2)12-8-11(17)4-6-14(12)21-15-5-3-10(16(19)20)7-13(15)18/h3-9H,1-2H3,(H2,19,20). The van der Waals surface area contributed by atoms with Gasteiger partial charge in [0.15, 0.2) is 0 Å². The maximum absolute atomic E-state index is 11.1. The smallest absolute Gasteiger partial charge is 0.248 e. The minimum absolute atomic E-state index is 0.307. The number of benzene rings is 2. The Morgan fingerprint density at radius 3 is 2.43 bits per heavy atom. The maximum atomic E-state index is 11.1. The molecular weight excluding hydrogens is 354 g/mol. The summed E-state index contributed by atoms with van der Waals surface area (Å²) in [5.74, 6) is 1.02. The Balaban J connectivity index is 2.36. The monoisotopic (exact) mass is 367 g/mol.